The molecular weight excluding hydrogens is 316 g/mol. The van der Waals surface area contributed by atoms with Crippen molar-refractivity contribution in [3.63, 3.8) is 0 Å². The molecule has 0 unspecified atom stereocenters. The number of aromatic carboxylic acids is 1. The zero-order valence-electron chi connectivity index (χ0n) is 11.4. The number of sulfonamides is 1. The standard InChI is InChI=1S/C12H16N2O5S2/c1-13-11(15)8-2-4-14(5-3-8)21(18,19)10-6-9(7-20-10)12(16)17/h6-8H,2-5H2,1H3,(H,13,15)(H,16,17). The summed E-state index contributed by atoms with van der Waals surface area (Å²) >= 11 is 0.900. The lowest BCUT2D eigenvalue weighted by atomic mass is 9.97. The van der Waals surface area contributed by atoms with Gasteiger partial charge in [0.2, 0.25) is 5.91 Å². The van der Waals surface area contributed by atoms with Crippen molar-refractivity contribution in [3.05, 3.63) is 17.0 Å². The van der Waals surface area contributed by atoms with Crippen molar-refractivity contribution < 1.29 is 23.1 Å². The molecule has 1 fully saturated rings. The Morgan fingerprint density at radius 1 is 1.38 bits per heavy atom. The third-order valence-corrected chi connectivity index (χ3v) is 6.80. The molecule has 0 atom stereocenters. The number of thiophene rings is 1. The summed E-state index contributed by atoms with van der Waals surface area (Å²) in [6.07, 6.45) is 0.937. The van der Waals surface area contributed by atoms with Gasteiger partial charge in [-0.25, -0.2) is 13.2 Å². The van der Waals surface area contributed by atoms with Crippen molar-refractivity contribution in [2.45, 2.75) is 17.1 Å². The van der Waals surface area contributed by atoms with Gasteiger partial charge in [0, 0.05) is 31.4 Å². The number of hydrogen-bond acceptors (Lipinski definition) is 5. The summed E-state index contributed by atoms with van der Waals surface area (Å²) in [4.78, 5) is 22.4. The van der Waals surface area contributed by atoms with Crippen LogP contribution >= 0.6 is 11.3 Å². The third kappa shape index (κ3) is 3.25. The summed E-state index contributed by atoms with van der Waals surface area (Å²) < 4.78 is 26.2. The second kappa shape index (κ2) is 6.12. The predicted molar refractivity (Wildman–Crippen MR) is 76.8 cm³/mol. The number of nitrogens with zero attached hydrogens (tertiary/aromatic N) is 1. The summed E-state index contributed by atoms with van der Waals surface area (Å²) in [5.74, 6) is -1.39. The molecular formula is C12H16N2O5S2. The lowest BCUT2D eigenvalue weighted by Crippen LogP contribution is -2.42. The van der Waals surface area contributed by atoms with Gasteiger partial charge in [0.15, 0.2) is 0 Å². The lowest BCUT2D eigenvalue weighted by Gasteiger charge is -2.29. The molecule has 21 heavy (non-hydrogen) atoms. The Balaban J connectivity index is 2.11. The molecule has 0 saturated carbocycles. The lowest BCUT2D eigenvalue weighted by molar-refractivity contribution is -0.125. The number of nitrogens with one attached hydrogen (secondary N) is 1. The van der Waals surface area contributed by atoms with Crippen LogP contribution < -0.4 is 5.32 Å². The molecule has 7 nitrogen and oxygen atoms in total. The maximum atomic E-state index is 12.4. The highest BCUT2D eigenvalue weighted by atomic mass is 32.2. The fourth-order valence-electron chi connectivity index (χ4n) is 2.25. The molecule has 1 aromatic rings. The van der Waals surface area contributed by atoms with Crippen LogP contribution in [0.1, 0.15) is 23.2 Å². The van der Waals surface area contributed by atoms with Crippen molar-refractivity contribution >= 4 is 33.2 Å². The molecule has 0 aromatic carbocycles. The predicted octanol–water partition coefficient (Wildman–Crippen LogP) is 0.593. The van der Waals surface area contributed by atoms with Gasteiger partial charge >= 0.3 is 5.97 Å². The second-order valence-corrected chi connectivity index (χ2v) is 7.83. The molecule has 0 aliphatic carbocycles. The van der Waals surface area contributed by atoms with Gasteiger partial charge in [0.05, 0.1) is 5.56 Å². The number of amides is 1. The quantitative estimate of drug-likeness (QED) is 0.840. The van der Waals surface area contributed by atoms with Crippen molar-refractivity contribution in [2.75, 3.05) is 20.1 Å². The van der Waals surface area contributed by atoms with Gasteiger partial charge in [-0.15, -0.1) is 11.3 Å². The maximum Gasteiger partial charge on any atom is 0.336 e. The minimum absolute atomic E-state index is 0.0262. The molecule has 2 rings (SSSR count). The molecule has 0 radical (unpaired) electrons. The Morgan fingerprint density at radius 3 is 2.48 bits per heavy atom. The molecule has 0 spiro atoms. The highest BCUT2D eigenvalue weighted by molar-refractivity contribution is 7.91. The topological polar surface area (TPSA) is 104 Å². The van der Waals surface area contributed by atoms with Gasteiger partial charge in [0.25, 0.3) is 10.0 Å². The van der Waals surface area contributed by atoms with Crippen LogP contribution in [0.3, 0.4) is 0 Å². The molecule has 9 heteroatoms. The summed E-state index contributed by atoms with van der Waals surface area (Å²) in [6, 6.07) is 1.17. The van der Waals surface area contributed by atoms with Gasteiger partial charge in [0.1, 0.15) is 4.21 Å². The van der Waals surface area contributed by atoms with Gasteiger partial charge in [-0.05, 0) is 18.9 Å². The fourth-order valence-corrected chi connectivity index (χ4v) is 5.03. The number of carbonyl (C=O) groups excluding carboxylic acids is 1. The smallest absolute Gasteiger partial charge is 0.336 e. The monoisotopic (exact) mass is 332 g/mol. The van der Waals surface area contributed by atoms with Gasteiger partial charge in [-0.1, -0.05) is 0 Å². The Hall–Kier alpha value is -1.45. The number of rotatable bonds is 4. The summed E-state index contributed by atoms with van der Waals surface area (Å²) in [6.45, 7) is 0.529. The second-order valence-electron chi connectivity index (χ2n) is 4.75. The van der Waals surface area contributed by atoms with E-state index in [0.29, 0.717) is 12.8 Å². The average Bonchev–Trinajstić information content (AvgIpc) is 2.97. The van der Waals surface area contributed by atoms with Crippen LogP contribution in [0.25, 0.3) is 0 Å². The first-order valence-corrected chi connectivity index (χ1v) is 8.72. The van der Waals surface area contributed by atoms with Crippen LogP contribution in [0.2, 0.25) is 0 Å². The molecule has 2 N–H and O–H groups in total. The zero-order valence-corrected chi connectivity index (χ0v) is 13.0. The fraction of sp³-hybridized carbons (Fsp3) is 0.500. The largest absolute Gasteiger partial charge is 0.478 e. The van der Waals surface area contributed by atoms with E-state index in [1.807, 2.05) is 0 Å². The van der Waals surface area contributed by atoms with E-state index in [1.165, 1.54) is 15.8 Å². The van der Waals surface area contributed by atoms with E-state index in [4.69, 9.17) is 5.11 Å². The van der Waals surface area contributed by atoms with E-state index in [1.54, 1.807) is 7.05 Å². The highest BCUT2D eigenvalue weighted by Gasteiger charge is 2.32. The van der Waals surface area contributed by atoms with E-state index < -0.39 is 16.0 Å². The molecule has 1 aromatic heterocycles. The number of hydrogen-bond donors (Lipinski definition) is 2. The van der Waals surface area contributed by atoms with Gasteiger partial charge in [-0.3, -0.25) is 4.79 Å². The Kier molecular flexibility index (Phi) is 4.64. The molecule has 2 heterocycles. The molecule has 1 aliphatic rings. The van der Waals surface area contributed by atoms with Gasteiger partial charge < -0.3 is 10.4 Å². The van der Waals surface area contributed by atoms with Crippen LogP contribution in [0.5, 0.6) is 0 Å². The highest BCUT2D eigenvalue weighted by Crippen LogP contribution is 2.27. The SMILES string of the molecule is CNC(=O)C1CCN(S(=O)(=O)c2cc(C(=O)O)cs2)CC1. The van der Waals surface area contributed by atoms with E-state index in [9.17, 15) is 18.0 Å². The molecule has 116 valence electrons. The normalized spacial score (nSPS) is 17.6. The van der Waals surface area contributed by atoms with Crippen LogP contribution in [0.4, 0.5) is 0 Å². The van der Waals surface area contributed by atoms with Crippen molar-refractivity contribution in [1.82, 2.24) is 9.62 Å². The van der Waals surface area contributed by atoms with E-state index in [0.717, 1.165) is 11.3 Å². The first-order valence-electron chi connectivity index (χ1n) is 6.40. The molecule has 1 amide bonds. The van der Waals surface area contributed by atoms with Crippen molar-refractivity contribution in [3.8, 4) is 0 Å². The molecule has 1 aliphatic heterocycles. The van der Waals surface area contributed by atoms with Crippen molar-refractivity contribution in [1.29, 1.82) is 0 Å². The van der Waals surface area contributed by atoms with E-state index in [-0.39, 0.29) is 34.7 Å². The van der Waals surface area contributed by atoms with Crippen molar-refractivity contribution in [2.24, 2.45) is 5.92 Å². The summed E-state index contributed by atoms with van der Waals surface area (Å²) in [5, 5.41) is 12.7. The summed E-state index contributed by atoms with van der Waals surface area (Å²) in [5.41, 5.74) is -0.0289. The zero-order chi connectivity index (χ0) is 15.6. The summed E-state index contributed by atoms with van der Waals surface area (Å²) in [7, 11) is -2.11. The average molecular weight is 332 g/mol. The number of carboxylic acids is 1. The van der Waals surface area contributed by atoms with Crippen LogP contribution in [-0.2, 0) is 14.8 Å². The third-order valence-electron chi connectivity index (χ3n) is 3.49. The Labute approximate surface area is 126 Å². The maximum absolute atomic E-state index is 12.4. The van der Waals surface area contributed by atoms with Gasteiger partial charge in [-0.2, -0.15) is 4.31 Å². The molecule has 1 saturated heterocycles. The molecule has 0 bridgehead atoms. The number of carboxylic acid groups (broad SMARTS) is 1. The first kappa shape index (κ1) is 15.9. The van der Waals surface area contributed by atoms with Crippen LogP contribution in [-0.4, -0.2) is 49.8 Å². The minimum Gasteiger partial charge on any atom is -0.478 e. The van der Waals surface area contributed by atoms with E-state index >= 15 is 0 Å². The van der Waals surface area contributed by atoms with E-state index in [2.05, 4.69) is 5.32 Å². The number of piperidine rings is 1. The first-order chi connectivity index (χ1) is 9.86. The minimum atomic E-state index is -3.67. The van der Waals surface area contributed by atoms with Crippen LogP contribution in [0.15, 0.2) is 15.7 Å². The Bertz CT molecular complexity index is 644. The Morgan fingerprint density at radius 2 is 2.00 bits per heavy atom. The van der Waals surface area contributed by atoms with Crippen LogP contribution in [0, 0.1) is 5.92 Å². The number of carbonyl (C=O) groups is 2.